The molecule has 13 heavy (non-hydrogen) atoms. The smallest absolute Gasteiger partial charge is 0.307 e. The zero-order valence-corrected chi connectivity index (χ0v) is 8.12. The van der Waals surface area contributed by atoms with Crippen LogP contribution in [0.25, 0.3) is 0 Å². The third-order valence-electron chi connectivity index (χ3n) is 3.65. The highest BCUT2D eigenvalue weighted by Crippen LogP contribution is 2.62. The van der Waals surface area contributed by atoms with Crippen LogP contribution in [0.4, 0.5) is 0 Å². The van der Waals surface area contributed by atoms with E-state index < -0.39 is 5.97 Å². The van der Waals surface area contributed by atoms with Crippen molar-refractivity contribution in [3.63, 3.8) is 0 Å². The van der Waals surface area contributed by atoms with E-state index in [1.807, 2.05) is 0 Å². The van der Waals surface area contributed by atoms with Crippen LogP contribution in [0.15, 0.2) is 0 Å². The molecular weight excluding hydrogens is 168 g/mol. The maximum Gasteiger partial charge on any atom is 0.307 e. The quantitative estimate of drug-likeness (QED) is 0.705. The minimum absolute atomic E-state index is 0.00972. The molecule has 1 unspecified atom stereocenters. The fourth-order valence-corrected chi connectivity index (χ4v) is 2.87. The molecule has 2 rings (SSSR count). The summed E-state index contributed by atoms with van der Waals surface area (Å²) in [6.07, 6.45) is 1.04. The van der Waals surface area contributed by atoms with Gasteiger partial charge < -0.3 is 9.84 Å². The summed E-state index contributed by atoms with van der Waals surface area (Å²) in [5, 5.41) is 8.98. The monoisotopic (exact) mass is 184 g/mol. The van der Waals surface area contributed by atoms with Crippen LogP contribution in [-0.4, -0.2) is 24.3 Å². The van der Waals surface area contributed by atoms with Crippen LogP contribution in [0.2, 0.25) is 0 Å². The number of carboxylic acid groups (broad SMARTS) is 1. The standard InChI is InChI=1S/C10H16O3/c1-10(2)7(8(10)9(11)12)6-3-4-13-5-6/h6-8H,3-5H2,1-2H3,(H,11,12)/t6?,7-,8+/m1/s1. The molecular formula is C10H16O3. The fourth-order valence-electron chi connectivity index (χ4n) is 2.87. The number of carbonyl (C=O) groups is 1. The molecule has 0 aromatic carbocycles. The maximum atomic E-state index is 10.9. The van der Waals surface area contributed by atoms with E-state index in [1.165, 1.54) is 0 Å². The van der Waals surface area contributed by atoms with Crippen molar-refractivity contribution in [1.29, 1.82) is 0 Å². The first-order valence-electron chi connectivity index (χ1n) is 4.85. The van der Waals surface area contributed by atoms with Crippen molar-refractivity contribution < 1.29 is 14.6 Å². The molecule has 0 radical (unpaired) electrons. The molecule has 2 aliphatic rings. The minimum atomic E-state index is -0.637. The van der Waals surface area contributed by atoms with Crippen LogP contribution in [0.5, 0.6) is 0 Å². The molecule has 1 heterocycles. The number of carboxylic acids is 1. The molecule has 1 aliphatic heterocycles. The van der Waals surface area contributed by atoms with Gasteiger partial charge in [-0.15, -0.1) is 0 Å². The lowest BCUT2D eigenvalue weighted by Gasteiger charge is -2.07. The van der Waals surface area contributed by atoms with Crippen LogP contribution in [0, 0.1) is 23.2 Å². The largest absolute Gasteiger partial charge is 0.481 e. The number of hydrogen-bond acceptors (Lipinski definition) is 2. The predicted octanol–water partition coefficient (Wildman–Crippen LogP) is 1.38. The molecule has 0 aromatic rings. The highest BCUT2D eigenvalue weighted by Gasteiger charge is 2.64. The molecule has 2 fully saturated rings. The Morgan fingerprint density at radius 3 is 2.62 bits per heavy atom. The predicted molar refractivity (Wildman–Crippen MR) is 47.3 cm³/mol. The van der Waals surface area contributed by atoms with Crippen molar-refractivity contribution in [3.05, 3.63) is 0 Å². The van der Waals surface area contributed by atoms with Gasteiger partial charge in [-0.3, -0.25) is 4.79 Å². The van der Waals surface area contributed by atoms with Gasteiger partial charge in [0.1, 0.15) is 0 Å². The van der Waals surface area contributed by atoms with Crippen LogP contribution in [0.3, 0.4) is 0 Å². The lowest BCUT2D eigenvalue weighted by atomic mass is 9.97. The van der Waals surface area contributed by atoms with Crippen LogP contribution in [-0.2, 0) is 9.53 Å². The molecule has 3 heteroatoms. The second-order valence-electron chi connectivity index (χ2n) is 4.79. The zero-order valence-electron chi connectivity index (χ0n) is 8.12. The summed E-state index contributed by atoms with van der Waals surface area (Å²) in [4.78, 5) is 10.9. The Balaban J connectivity index is 2.05. The third-order valence-corrected chi connectivity index (χ3v) is 3.65. The Hall–Kier alpha value is -0.570. The first-order chi connectivity index (χ1) is 6.05. The van der Waals surface area contributed by atoms with Gasteiger partial charge in [0.2, 0.25) is 0 Å². The summed E-state index contributed by atoms with van der Waals surface area (Å²) in [5.41, 5.74) is -0.00972. The number of rotatable bonds is 2. The van der Waals surface area contributed by atoms with E-state index in [1.54, 1.807) is 0 Å². The Morgan fingerprint density at radius 2 is 2.23 bits per heavy atom. The van der Waals surface area contributed by atoms with Gasteiger partial charge in [-0.05, 0) is 23.7 Å². The van der Waals surface area contributed by atoms with Crippen molar-refractivity contribution in [2.45, 2.75) is 20.3 Å². The average molecular weight is 184 g/mol. The van der Waals surface area contributed by atoms with Crippen molar-refractivity contribution in [2.75, 3.05) is 13.2 Å². The number of ether oxygens (including phenoxy) is 1. The van der Waals surface area contributed by atoms with Crippen molar-refractivity contribution in [1.82, 2.24) is 0 Å². The van der Waals surface area contributed by atoms with Crippen molar-refractivity contribution >= 4 is 5.97 Å². The van der Waals surface area contributed by atoms with E-state index in [0.29, 0.717) is 11.8 Å². The summed E-state index contributed by atoms with van der Waals surface area (Å²) < 4.78 is 5.29. The Bertz CT molecular complexity index is 228. The summed E-state index contributed by atoms with van der Waals surface area (Å²) in [6.45, 7) is 5.67. The molecule has 1 saturated heterocycles. The number of aliphatic carboxylic acids is 1. The normalized spacial score (nSPS) is 41.8. The SMILES string of the molecule is CC1(C)[C@H](C(=O)O)[C@H]1C1CCOC1. The highest BCUT2D eigenvalue weighted by molar-refractivity contribution is 5.75. The average Bonchev–Trinajstić information content (AvgIpc) is 2.50. The Labute approximate surface area is 78.1 Å². The first-order valence-corrected chi connectivity index (χ1v) is 4.85. The molecule has 1 N–H and O–H groups in total. The number of hydrogen-bond donors (Lipinski definition) is 1. The maximum absolute atomic E-state index is 10.9. The lowest BCUT2D eigenvalue weighted by Crippen LogP contribution is -2.08. The van der Waals surface area contributed by atoms with E-state index in [-0.39, 0.29) is 11.3 Å². The highest BCUT2D eigenvalue weighted by atomic mass is 16.5. The van der Waals surface area contributed by atoms with Gasteiger partial charge in [-0.25, -0.2) is 0 Å². The van der Waals surface area contributed by atoms with E-state index in [4.69, 9.17) is 9.84 Å². The molecule has 1 saturated carbocycles. The Morgan fingerprint density at radius 1 is 1.54 bits per heavy atom. The van der Waals surface area contributed by atoms with E-state index in [0.717, 1.165) is 19.6 Å². The Kier molecular flexibility index (Phi) is 1.88. The lowest BCUT2D eigenvalue weighted by molar-refractivity contribution is -0.139. The van der Waals surface area contributed by atoms with Gasteiger partial charge in [0, 0.05) is 13.2 Å². The third kappa shape index (κ3) is 1.26. The van der Waals surface area contributed by atoms with Crippen LogP contribution < -0.4 is 0 Å². The van der Waals surface area contributed by atoms with Crippen LogP contribution >= 0.6 is 0 Å². The molecule has 3 nitrogen and oxygen atoms in total. The summed E-state index contributed by atoms with van der Waals surface area (Å²) in [5.74, 6) is 0.0460. The van der Waals surface area contributed by atoms with Crippen molar-refractivity contribution in [2.24, 2.45) is 23.2 Å². The van der Waals surface area contributed by atoms with Gasteiger partial charge in [0.25, 0.3) is 0 Å². The zero-order chi connectivity index (χ0) is 9.64. The minimum Gasteiger partial charge on any atom is -0.481 e. The molecule has 1 aliphatic carbocycles. The summed E-state index contributed by atoms with van der Waals surface area (Å²) in [7, 11) is 0. The van der Waals surface area contributed by atoms with Gasteiger partial charge >= 0.3 is 5.97 Å². The molecule has 3 atom stereocenters. The summed E-state index contributed by atoms with van der Waals surface area (Å²) in [6, 6.07) is 0. The molecule has 0 spiro atoms. The second kappa shape index (κ2) is 2.71. The van der Waals surface area contributed by atoms with Gasteiger partial charge in [-0.1, -0.05) is 13.8 Å². The molecule has 74 valence electrons. The molecule has 0 aromatic heterocycles. The molecule has 0 amide bonds. The topological polar surface area (TPSA) is 46.5 Å². The van der Waals surface area contributed by atoms with Gasteiger partial charge in [0.05, 0.1) is 5.92 Å². The second-order valence-corrected chi connectivity index (χ2v) is 4.79. The first kappa shape index (κ1) is 9.00. The van der Waals surface area contributed by atoms with E-state index in [2.05, 4.69) is 13.8 Å². The van der Waals surface area contributed by atoms with Crippen molar-refractivity contribution in [3.8, 4) is 0 Å². The summed E-state index contributed by atoms with van der Waals surface area (Å²) >= 11 is 0. The van der Waals surface area contributed by atoms with E-state index in [9.17, 15) is 4.79 Å². The fraction of sp³-hybridized carbons (Fsp3) is 0.900. The van der Waals surface area contributed by atoms with E-state index >= 15 is 0 Å². The van der Waals surface area contributed by atoms with Crippen LogP contribution in [0.1, 0.15) is 20.3 Å². The molecule has 0 bridgehead atoms. The van der Waals surface area contributed by atoms with Gasteiger partial charge in [0.15, 0.2) is 0 Å². The van der Waals surface area contributed by atoms with Gasteiger partial charge in [-0.2, -0.15) is 0 Å².